The van der Waals surface area contributed by atoms with E-state index in [1.54, 1.807) is 6.07 Å². The Hall–Kier alpha value is -0.640. The SMILES string of the molecule is CC(C)(C(N)Cc1ccc(F)cc1Cl)N1CCCCCC1. The smallest absolute Gasteiger partial charge is 0.124 e. The summed E-state index contributed by atoms with van der Waals surface area (Å²) in [6, 6.07) is 4.53. The normalized spacial score (nSPS) is 19.3. The fourth-order valence-corrected chi connectivity index (χ4v) is 3.30. The maximum atomic E-state index is 13.1. The average molecular weight is 313 g/mol. The lowest BCUT2D eigenvalue weighted by molar-refractivity contribution is 0.0979. The first-order valence-corrected chi connectivity index (χ1v) is 8.23. The van der Waals surface area contributed by atoms with Crippen molar-refractivity contribution in [3.63, 3.8) is 0 Å². The first kappa shape index (κ1) is 16.7. The molecule has 1 aliphatic heterocycles. The lowest BCUT2D eigenvalue weighted by Crippen LogP contribution is -2.57. The molecule has 1 heterocycles. The second kappa shape index (κ2) is 7.08. The lowest BCUT2D eigenvalue weighted by atomic mass is 9.88. The molecule has 4 heteroatoms. The standard InChI is InChI=1S/C17H26ClFN2/c1-17(2,21-9-5-3-4-6-10-21)16(20)11-13-7-8-14(19)12-15(13)18/h7-8,12,16H,3-6,9-11,20H2,1-2H3. The summed E-state index contributed by atoms with van der Waals surface area (Å²) >= 11 is 6.13. The first-order valence-electron chi connectivity index (χ1n) is 7.86. The van der Waals surface area contributed by atoms with Gasteiger partial charge in [0.25, 0.3) is 0 Å². The van der Waals surface area contributed by atoms with Gasteiger partial charge in [-0.15, -0.1) is 0 Å². The highest BCUT2D eigenvalue weighted by molar-refractivity contribution is 6.31. The van der Waals surface area contributed by atoms with Gasteiger partial charge in [-0.1, -0.05) is 30.5 Å². The van der Waals surface area contributed by atoms with Crippen LogP contribution in [0.25, 0.3) is 0 Å². The zero-order valence-corrected chi connectivity index (χ0v) is 13.8. The molecule has 0 amide bonds. The fourth-order valence-electron chi connectivity index (χ4n) is 3.06. The summed E-state index contributed by atoms with van der Waals surface area (Å²) in [5.41, 5.74) is 7.32. The minimum atomic E-state index is -0.302. The first-order chi connectivity index (χ1) is 9.91. The molecule has 118 valence electrons. The maximum absolute atomic E-state index is 13.1. The largest absolute Gasteiger partial charge is 0.326 e. The van der Waals surface area contributed by atoms with E-state index < -0.39 is 0 Å². The second-order valence-electron chi connectivity index (χ2n) is 6.60. The third-order valence-electron chi connectivity index (χ3n) is 4.78. The molecule has 1 unspecified atom stereocenters. The minimum absolute atomic E-state index is 0.0291. The quantitative estimate of drug-likeness (QED) is 0.910. The van der Waals surface area contributed by atoms with Crippen molar-refractivity contribution in [2.24, 2.45) is 5.73 Å². The van der Waals surface area contributed by atoms with Gasteiger partial charge >= 0.3 is 0 Å². The molecular weight excluding hydrogens is 287 g/mol. The highest BCUT2D eigenvalue weighted by Gasteiger charge is 2.33. The number of likely N-dealkylation sites (tertiary alicyclic amines) is 1. The fraction of sp³-hybridized carbons (Fsp3) is 0.647. The van der Waals surface area contributed by atoms with Gasteiger partial charge in [0.1, 0.15) is 5.82 Å². The number of rotatable bonds is 4. The van der Waals surface area contributed by atoms with E-state index in [1.807, 2.05) is 0 Å². The van der Waals surface area contributed by atoms with Gasteiger partial charge in [0.15, 0.2) is 0 Å². The van der Waals surface area contributed by atoms with Crippen LogP contribution in [0.15, 0.2) is 18.2 Å². The lowest BCUT2D eigenvalue weighted by Gasteiger charge is -2.42. The summed E-state index contributed by atoms with van der Waals surface area (Å²) in [5, 5.41) is 0.470. The van der Waals surface area contributed by atoms with E-state index in [-0.39, 0.29) is 17.4 Å². The van der Waals surface area contributed by atoms with Crippen LogP contribution in [-0.2, 0) is 6.42 Å². The Morgan fingerprint density at radius 2 is 1.86 bits per heavy atom. The average Bonchev–Trinajstić information content (AvgIpc) is 2.71. The van der Waals surface area contributed by atoms with Crippen molar-refractivity contribution in [2.45, 2.75) is 57.5 Å². The molecule has 0 aromatic heterocycles. The molecule has 0 bridgehead atoms. The molecule has 2 N–H and O–H groups in total. The molecule has 1 aromatic carbocycles. The van der Waals surface area contributed by atoms with Crippen LogP contribution in [0.4, 0.5) is 4.39 Å². The van der Waals surface area contributed by atoms with E-state index in [0.717, 1.165) is 18.7 Å². The number of halogens is 2. The molecule has 0 spiro atoms. The van der Waals surface area contributed by atoms with Gasteiger partial charge in [-0.3, -0.25) is 4.90 Å². The van der Waals surface area contributed by atoms with Crippen molar-refractivity contribution in [2.75, 3.05) is 13.1 Å². The molecule has 1 atom stereocenters. The van der Waals surface area contributed by atoms with Gasteiger partial charge in [-0.25, -0.2) is 4.39 Å². The predicted octanol–water partition coefficient (Wildman–Crippen LogP) is 4.00. The second-order valence-corrected chi connectivity index (χ2v) is 7.01. The van der Waals surface area contributed by atoms with Crippen molar-refractivity contribution in [1.82, 2.24) is 4.90 Å². The Balaban J connectivity index is 2.07. The van der Waals surface area contributed by atoms with E-state index >= 15 is 0 Å². The molecule has 2 rings (SSSR count). The van der Waals surface area contributed by atoms with Crippen LogP contribution in [0, 0.1) is 5.82 Å². The van der Waals surface area contributed by atoms with Crippen LogP contribution >= 0.6 is 11.6 Å². The number of nitrogens with zero attached hydrogens (tertiary/aromatic N) is 1. The molecule has 0 saturated carbocycles. The van der Waals surface area contributed by atoms with E-state index in [2.05, 4.69) is 18.7 Å². The number of hydrogen-bond acceptors (Lipinski definition) is 2. The third kappa shape index (κ3) is 4.18. The van der Waals surface area contributed by atoms with Crippen LogP contribution in [0.3, 0.4) is 0 Å². The molecule has 0 aliphatic carbocycles. The highest BCUT2D eigenvalue weighted by atomic mass is 35.5. The van der Waals surface area contributed by atoms with E-state index in [0.29, 0.717) is 11.4 Å². The topological polar surface area (TPSA) is 29.3 Å². The van der Waals surface area contributed by atoms with E-state index in [9.17, 15) is 4.39 Å². The molecule has 1 aromatic rings. The number of hydrogen-bond donors (Lipinski definition) is 1. The molecular formula is C17H26ClFN2. The van der Waals surface area contributed by atoms with Crippen molar-refractivity contribution in [3.8, 4) is 0 Å². The zero-order valence-electron chi connectivity index (χ0n) is 13.0. The van der Waals surface area contributed by atoms with Crippen LogP contribution in [0.2, 0.25) is 5.02 Å². The van der Waals surface area contributed by atoms with Crippen molar-refractivity contribution < 1.29 is 4.39 Å². The summed E-state index contributed by atoms with van der Waals surface area (Å²) < 4.78 is 13.1. The van der Waals surface area contributed by atoms with Gasteiger partial charge in [-0.05, 0) is 63.9 Å². The predicted molar refractivity (Wildman–Crippen MR) is 87.2 cm³/mol. The molecule has 1 aliphatic rings. The minimum Gasteiger partial charge on any atom is -0.326 e. The molecule has 0 radical (unpaired) electrons. The van der Waals surface area contributed by atoms with Crippen molar-refractivity contribution in [3.05, 3.63) is 34.6 Å². The Kier molecular flexibility index (Phi) is 5.64. The van der Waals surface area contributed by atoms with Crippen molar-refractivity contribution in [1.29, 1.82) is 0 Å². The Labute approximate surface area is 132 Å². The Morgan fingerprint density at radius 3 is 2.43 bits per heavy atom. The number of nitrogens with two attached hydrogens (primary N) is 1. The van der Waals surface area contributed by atoms with Gasteiger partial charge in [0.05, 0.1) is 0 Å². The van der Waals surface area contributed by atoms with Gasteiger partial charge in [-0.2, -0.15) is 0 Å². The molecule has 2 nitrogen and oxygen atoms in total. The summed E-state index contributed by atoms with van der Waals surface area (Å²) in [4.78, 5) is 2.50. The van der Waals surface area contributed by atoms with Gasteiger partial charge in [0, 0.05) is 16.6 Å². The monoisotopic (exact) mass is 312 g/mol. The summed E-state index contributed by atoms with van der Waals surface area (Å²) in [6.07, 6.45) is 5.78. The van der Waals surface area contributed by atoms with Gasteiger partial charge < -0.3 is 5.73 Å². The Morgan fingerprint density at radius 1 is 1.24 bits per heavy atom. The summed E-state index contributed by atoms with van der Waals surface area (Å²) in [5.74, 6) is -0.302. The molecule has 1 fully saturated rings. The molecule has 1 saturated heterocycles. The Bertz CT molecular complexity index is 468. The van der Waals surface area contributed by atoms with E-state index in [1.165, 1.54) is 37.8 Å². The maximum Gasteiger partial charge on any atom is 0.124 e. The van der Waals surface area contributed by atoms with Crippen LogP contribution < -0.4 is 5.73 Å². The van der Waals surface area contributed by atoms with Crippen LogP contribution in [-0.4, -0.2) is 29.6 Å². The van der Waals surface area contributed by atoms with Crippen LogP contribution in [0.5, 0.6) is 0 Å². The third-order valence-corrected chi connectivity index (χ3v) is 5.14. The van der Waals surface area contributed by atoms with Crippen LogP contribution in [0.1, 0.15) is 45.1 Å². The summed E-state index contributed by atoms with van der Waals surface area (Å²) in [6.45, 7) is 6.64. The van der Waals surface area contributed by atoms with E-state index in [4.69, 9.17) is 17.3 Å². The highest BCUT2D eigenvalue weighted by Crippen LogP contribution is 2.26. The molecule has 21 heavy (non-hydrogen) atoms. The number of benzene rings is 1. The zero-order chi connectivity index (χ0) is 15.5. The summed E-state index contributed by atoms with van der Waals surface area (Å²) in [7, 11) is 0. The van der Waals surface area contributed by atoms with Gasteiger partial charge in [0.2, 0.25) is 0 Å². The van der Waals surface area contributed by atoms with Crippen molar-refractivity contribution >= 4 is 11.6 Å².